The van der Waals surface area contributed by atoms with Crippen LogP contribution >= 0.6 is 11.6 Å². The maximum Gasteiger partial charge on any atom is 0.252 e. The molecular formula is C11H12ClNO2. The predicted octanol–water partition coefficient (Wildman–Crippen LogP) is 1.96. The van der Waals surface area contributed by atoms with Gasteiger partial charge < -0.3 is 5.32 Å². The van der Waals surface area contributed by atoms with Crippen molar-refractivity contribution in [3.05, 3.63) is 35.9 Å². The van der Waals surface area contributed by atoms with Crippen LogP contribution in [0.1, 0.15) is 23.7 Å². The fourth-order valence-electron chi connectivity index (χ4n) is 1.05. The van der Waals surface area contributed by atoms with Crippen LogP contribution in [0.2, 0.25) is 0 Å². The number of Topliss-reactive ketones (excluding diaryl/α,β-unsaturated/α-hetero) is 1. The number of carbonyl (C=O) groups is 2. The molecule has 1 unspecified atom stereocenters. The van der Waals surface area contributed by atoms with Crippen molar-refractivity contribution in [3.8, 4) is 0 Å². The smallest absolute Gasteiger partial charge is 0.252 e. The lowest BCUT2D eigenvalue weighted by atomic mass is 10.2. The highest BCUT2D eigenvalue weighted by atomic mass is 35.5. The predicted molar refractivity (Wildman–Crippen MR) is 58.8 cm³/mol. The number of rotatable bonds is 4. The Hall–Kier alpha value is -1.35. The first-order chi connectivity index (χ1) is 7.15. The lowest BCUT2D eigenvalue weighted by Gasteiger charge is -2.09. The third-order valence-corrected chi connectivity index (χ3v) is 2.28. The summed E-state index contributed by atoms with van der Waals surface area (Å²) in [5.74, 6) is -0.529. The summed E-state index contributed by atoms with van der Waals surface area (Å²) in [6.07, 6.45) is 0.309. The van der Waals surface area contributed by atoms with Gasteiger partial charge in [0.1, 0.15) is 0 Å². The van der Waals surface area contributed by atoms with Gasteiger partial charge in [-0.05, 0) is 12.1 Å². The molecule has 0 saturated carbocycles. The second kappa shape index (κ2) is 5.51. The van der Waals surface area contributed by atoms with Gasteiger partial charge in [-0.15, -0.1) is 0 Å². The standard InChI is InChI=1S/C11H12ClNO2/c1-2-9(14)10(12)13-11(15)8-6-4-3-5-7-8/h3-7,10H,2H2,1H3,(H,13,15). The molecule has 1 atom stereocenters. The van der Waals surface area contributed by atoms with Gasteiger partial charge in [0.2, 0.25) is 0 Å². The van der Waals surface area contributed by atoms with Crippen LogP contribution in [0, 0.1) is 0 Å². The van der Waals surface area contributed by atoms with Gasteiger partial charge in [0.15, 0.2) is 11.3 Å². The van der Waals surface area contributed by atoms with E-state index in [1.807, 2.05) is 6.07 Å². The molecule has 0 aliphatic rings. The number of carbonyl (C=O) groups excluding carboxylic acids is 2. The minimum atomic E-state index is -0.942. The number of alkyl halides is 1. The zero-order chi connectivity index (χ0) is 11.3. The molecule has 0 aliphatic carbocycles. The lowest BCUT2D eigenvalue weighted by molar-refractivity contribution is -0.118. The first-order valence-electron chi connectivity index (χ1n) is 4.68. The Bertz CT molecular complexity index is 351. The van der Waals surface area contributed by atoms with Gasteiger partial charge in [-0.25, -0.2) is 0 Å². The average molecular weight is 226 g/mol. The topological polar surface area (TPSA) is 46.2 Å². The summed E-state index contributed by atoms with van der Waals surface area (Å²) in [5.41, 5.74) is -0.449. The fraction of sp³-hybridized carbons (Fsp3) is 0.273. The Morgan fingerprint density at radius 2 is 1.93 bits per heavy atom. The lowest BCUT2D eigenvalue weighted by Crippen LogP contribution is -2.36. The maximum atomic E-state index is 11.5. The number of hydrogen-bond donors (Lipinski definition) is 1. The highest BCUT2D eigenvalue weighted by Crippen LogP contribution is 2.02. The molecule has 15 heavy (non-hydrogen) atoms. The molecule has 0 bridgehead atoms. The molecule has 0 heterocycles. The molecule has 4 heteroatoms. The third-order valence-electron chi connectivity index (χ3n) is 1.92. The van der Waals surface area contributed by atoms with Crippen LogP contribution in [0.3, 0.4) is 0 Å². The maximum absolute atomic E-state index is 11.5. The largest absolute Gasteiger partial charge is 0.330 e. The minimum Gasteiger partial charge on any atom is -0.330 e. The average Bonchev–Trinajstić information content (AvgIpc) is 2.29. The van der Waals surface area contributed by atoms with E-state index in [9.17, 15) is 9.59 Å². The van der Waals surface area contributed by atoms with Crippen molar-refractivity contribution >= 4 is 23.3 Å². The summed E-state index contributed by atoms with van der Waals surface area (Å²) in [5, 5.41) is 2.42. The van der Waals surface area contributed by atoms with E-state index in [2.05, 4.69) is 5.32 Å². The number of hydrogen-bond acceptors (Lipinski definition) is 2. The van der Waals surface area contributed by atoms with Crippen molar-refractivity contribution in [2.75, 3.05) is 0 Å². The molecule has 1 rings (SSSR count). The molecule has 80 valence electrons. The van der Waals surface area contributed by atoms with Crippen LogP contribution in [0.5, 0.6) is 0 Å². The van der Waals surface area contributed by atoms with Gasteiger partial charge in [0, 0.05) is 12.0 Å². The second-order valence-electron chi connectivity index (χ2n) is 3.02. The van der Waals surface area contributed by atoms with E-state index >= 15 is 0 Å². The van der Waals surface area contributed by atoms with Gasteiger partial charge in [0.05, 0.1) is 0 Å². The van der Waals surface area contributed by atoms with Crippen LogP contribution in [0.25, 0.3) is 0 Å². The van der Waals surface area contributed by atoms with Crippen LogP contribution in [0.15, 0.2) is 30.3 Å². The Morgan fingerprint density at radius 3 is 2.47 bits per heavy atom. The molecule has 1 N–H and O–H groups in total. The summed E-state index contributed by atoms with van der Waals surface area (Å²) in [7, 11) is 0. The van der Waals surface area contributed by atoms with Crippen molar-refractivity contribution in [3.63, 3.8) is 0 Å². The molecule has 0 spiro atoms. The van der Waals surface area contributed by atoms with E-state index in [4.69, 9.17) is 11.6 Å². The molecule has 0 aromatic heterocycles. The van der Waals surface area contributed by atoms with Crippen LogP contribution < -0.4 is 5.32 Å². The van der Waals surface area contributed by atoms with E-state index in [1.54, 1.807) is 31.2 Å². The summed E-state index contributed by atoms with van der Waals surface area (Å²) < 4.78 is 0. The van der Waals surface area contributed by atoms with E-state index < -0.39 is 5.50 Å². The highest BCUT2D eigenvalue weighted by Gasteiger charge is 2.16. The van der Waals surface area contributed by atoms with E-state index in [1.165, 1.54) is 0 Å². The van der Waals surface area contributed by atoms with Crippen LogP contribution in [0.4, 0.5) is 0 Å². The SMILES string of the molecule is CCC(=O)C(Cl)NC(=O)c1ccccc1. The zero-order valence-corrected chi connectivity index (χ0v) is 9.12. The van der Waals surface area contributed by atoms with Gasteiger partial charge in [-0.1, -0.05) is 36.7 Å². The van der Waals surface area contributed by atoms with Crippen LogP contribution in [-0.4, -0.2) is 17.2 Å². The minimum absolute atomic E-state index is 0.194. The van der Waals surface area contributed by atoms with E-state index in [0.717, 1.165) is 0 Å². The quantitative estimate of drug-likeness (QED) is 0.629. The number of benzene rings is 1. The Kier molecular flexibility index (Phi) is 4.31. The van der Waals surface area contributed by atoms with Crippen molar-refractivity contribution in [1.29, 1.82) is 0 Å². The molecule has 0 fully saturated rings. The second-order valence-corrected chi connectivity index (χ2v) is 3.46. The molecule has 1 aromatic rings. The molecule has 0 radical (unpaired) electrons. The van der Waals surface area contributed by atoms with Gasteiger partial charge in [0.25, 0.3) is 5.91 Å². The van der Waals surface area contributed by atoms with Gasteiger partial charge in [-0.2, -0.15) is 0 Å². The normalized spacial score (nSPS) is 11.9. The molecule has 1 aromatic carbocycles. The fourth-order valence-corrected chi connectivity index (χ4v) is 1.30. The number of halogens is 1. The third kappa shape index (κ3) is 3.36. The monoisotopic (exact) mass is 225 g/mol. The van der Waals surface area contributed by atoms with Crippen molar-refractivity contribution in [2.24, 2.45) is 0 Å². The number of nitrogens with one attached hydrogen (secondary N) is 1. The highest BCUT2D eigenvalue weighted by molar-refractivity contribution is 6.32. The van der Waals surface area contributed by atoms with Crippen molar-refractivity contribution in [2.45, 2.75) is 18.8 Å². The zero-order valence-electron chi connectivity index (χ0n) is 8.37. The molecular weight excluding hydrogens is 214 g/mol. The summed E-state index contributed by atoms with van der Waals surface area (Å²) >= 11 is 5.69. The molecule has 0 saturated heterocycles. The number of amides is 1. The van der Waals surface area contributed by atoms with Crippen LogP contribution in [-0.2, 0) is 4.79 Å². The molecule has 0 aliphatic heterocycles. The van der Waals surface area contributed by atoms with E-state index in [-0.39, 0.29) is 11.7 Å². The Labute approximate surface area is 93.4 Å². The molecule has 1 amide bonds. The van der Waals surface area contributed by atoms with Gasteiger partial charge >= 0.3 is 0 Å². The van der Waals surface area contributed by atoms with E-state index in [0.29, 0.717) is 12.0 Å². The van der Waals surface area contributed by atoms with Crippen molar-refractivity contribution < 1.29 is 9.59 Å². The number of ketones is 1. The van der Waals surface area contributed by atoms with Crippen molar-refractivity contribution in [1.82, 2.24) is 5.32 Å². The summed E-state index contributed by atoms with van der Waals surface area (Å²) in [4.78, 5) is 22.7. The summed E-state index contributed by atoms with van der Waals surface area (Å²) in [6, 6.07) is 8.64. The summed E-state index contributed by atoms with van der Waals surface area (Å²) in [6.45, 7) is 1.70. The molecule has 3 nitrogen and oxygen atoms in total. The Balaban J connectivity index is 2.61. The first-order valence-corrected chi connectivity index (χ1v) is 5.11. The Morgan fingerprint density at radius 1 is 1.33 bits per heavy atom. The first kappa shape index (κ1) is 11.7. The van der Waals surface area contributed by atoms with Gasteiger partial charge in [-0.3, -0.25) is 9.59 Å².